The minimum atomic E-state index is -1.20. The number of rotatable bonds is 4. The third-order valence-electron chi connectivity index (χ3n) is 5.86. The van der Waals surface area contributed by atoms with E-state index in [1.807, 2.05) is 10.6 Å². The molecule has 3 N–H and O–H groups in total. The first-order chi connectivity index (χ1) is 12.7. The van der Waals surface area contributed by atoms with Crippen molar-refractivity contribution in [1.82, 2.24) is 4.57 Å². The number of aromatic nitrogens is 1. The van der Waals surface area contributed by atoms with Gasteiger partial charge in [-0.15, -0.1) is 0 Å². The van der Waals surface area contributed by atoms with Gasteiger partial charge in [0.1, 0.15) is 5.56 Å². The predicted molar refractivity (Wildman–Crippen MR) is 104 cm³/mol. The topological polar surface area (TPSA) is 97.8 Å². The molecule has 4 rings (SSSR count). The van der Waals surface area contributed by atoms with Gasteiger partial charge in [0.15, 0.2) is 5.75 Å². The number of nitrogens with zero attached hydrogens (tertiary/aromatic N) is 2. The first kappa shape index (κ1) is 17.9. The lowest BCUT2D eigenvalue weighted by Crippen LogP contribution is -2.35. The predicted octanol–water partition coefficient (Wildman–Crippen LogP) is 2.22. The van der Waals surface area contributed by atoms with Crippen molar-refractivity contribution >= 4 is 22.6 Å². The second-order valence-electron chi connectivity index (χ2n) is 8.31. The van der Waals surface area contributed by atoms with Crippen LogP contribution in [0, 0.1) is 5.41 Å². The lowest BCUT2D eigenvalue weighted by Gasteiger charge is -2.25. The summed E-state index contributed by atoms with van der Waals surface area (Å²) >= 11 is 0. The molecule has 1 unspecified atom stereocenters. The lowest BCUT2D eigenvalue weighted by molar-refractivity contribution is 0.0695. The molecule has 7 heteroatoms. The number of aromatic carboxylic acids is 1. The van der Waals surface area contributed by atoms with Gasteiger partial charge in [-0.2, -0.15) is 0 Å². The normalized spacial score (nSPS) is 21.6. The first-order valence-electron chi connectivity index (χ1n) is 9.24. The number of anilines is 1. The van der Waals surface area contributed by atoms with Crippen molar-refractivity contribution < 1.29 is 14.6 Å². The molecule has 0 amide bonds. The number of ether oxygens (including phenoxy) is 1. The SMILES string of the molecule is COc1c(N2CC(N)C(C)(C)C2)ccc2c(=O)c(C(=O)O)cn(C3CC3)c12. The molecular formula is C20H25N3O4. The molecule has 27 heavy (non-hydrogen) atoms. The number of carbonyl (C=O) groups is 1. The van der Waals surface area contributed by atoms with Crippen LogP contribution in [-0.2, 0) is 0 Å². The highest BCUT2D eigenvalue weighted by molar-refractivity contribution is 5.97. The van der Waals surface area contributed by atoms with E-state index in [0.717, 1.165) is 25.1 Å². The molecular weight excluding hydrogens is 346 g/mol. The Morgan fingerprint density at radius 1 is 1.33 bits per heavy atom. The summed E-state index contributed by atoms with van der Waals surface area (Å²) in [5, 5.41) is 9.81. The van der Waals surface area contributed by atoms with Gasteiger partial charge in [-0.1, -0.05) is 13.8 Å². The molecule has 1 aliphatic carbocycles. The van der Waals surface area contributed by atoms with Crippen LogP contribution in [0.3, 0.4) is 0 Å². The van der Waals surface area contributed by atoms with Crippen molar-refractivity contribution in [2.45, 2.75) is 38.8 Å². The van der Waals surface area contributed by atoms with E-state index in [0.29, 0.717) is 23.2 Å². The number of pyridine rings is 1. The second-order valence-corrected chi connectivity index (χ2v) is 8.31. The molecule has 1 saturated heterocycles. The van der Waals surface area contributed by atoms with Crippen molar-refractivity contribution in [1.29, 1.82) is 0 Å². The van der Waals surface area contributed by atoms with Gasteiger partial charge in [0.25, 0.3) is 0 Å². The van der Waals surface area contributed by atoms with E-state index in [2.05, 4.69) is 18.7 Å². The van der Waals surface area contributed by atoms with E-state index in [-0.39, 0.29) is 23.1 Å². The Labute approximate surface area is 157 Å². The minimum Gasteiger partial charge on any atom is -0.492 e. The van der Waals surface area contributed by atoms with E-state index < -0.39 is 11.4 Å². The van der Waals surface area contributed by atoms with Gasteiger partial charge in [0.2, 0.25) is 5.43 Å². The number of fused-ring (bicyclic) bond motifs is 1. The number of nitrogens with two attached hydrogens (primary N) is 1. The molecule has 2 aliphatic rings. The van der Waals surface area contributed by atoms with E-state index in [1.54, 1.807) is 13.2 Å². The Balaban J connectivity index is 1.97. The van der Waals surface area contributed by atoms with Gasteiger partial charge < -0.3 is 25.0 Å². The molecule has 2 heterocycles. The molecule has 0 radical (unpaired) electrons. The minimum absolute atomic E-state index is 0.0245. The zero-order valence-electron chi connectivity index (χ0n) is 15.9. The van der Waals surface area contributed by atoms with Crippen LogP contribution in [0.5, 0.6) is 5.75 Å². The number of benzene rings is 1. The van der Waals surface area contributed by atoms with Crippen LogP contribution in [0.15, 0.2) is 23.1 Å². The van der Waals surface area contributed by atoms with E-state index in [9.17, 15) is 14.7 Å². The molecule has 1 aromatic carbocycles. The van der Waals surface area contributed by atoms with E-state index in [1.165, 1.54) is 6.20 Å². The fourth-order valence-corrected chi connectivity index (χ4v) is 3.99. The summed E-state index contributed by atoms with van der Waals surface area (Å²) in [4.78, 5) is 26.5. The molecule has 2 fully saturated rings. The highest BCUT2D eigenvalue weighted by Crippen LogP contribution is 2.44. The van der Waals surface area contributed by atoms with Crippen LogP contribution in [0.2, 0.25) is 0 Å². The Hall–Kier alpha value is -2.54. The zero-order chi connectivity index (χ0) is 19.5. The Kier molecular flexibility index (Phi) is 3.96. The molecule has 1 saturated carbocycles. The quantitative estimate of drug-likeness (QED) is 0.855. The number of carboxylic acid groups (broad SMARTS) is 1. The molecule has 1 aliphatic heterocycles. The average molecular weight is 371 g/mol. The summed E-state index contributed by atoms with van der Waals surface area (Å²) in [6.07, 6.45) is 3.40. The fourth-order valence-electron chi connectivity index (χ4n) is 3.99. The van der Waals surface area contributed by atoms with Crippen LogP contribution in [0.25, 0.3) is 10.9 Å². The maximum Gasteiger partial charge on any atom is 0.341 e. The summed E-state index contributed by atoms with van der Waals surface area (Å²) < 4.78 is 7.67. The van der Waals surface area contributed by atoms with Crippen molar-refractivity contribution in [2.75, 3.05) is 25.1 Å². The van der Waals surface area contributed by atoms with E-state index in [4.69, 9.17) is 10.5 Å². The summed E-state index contributed by atoms with van der Waals surface area (Å²) in [5.74, 6) is -0.593. The van der Waals surface area contributed by atoms with Gasteiger partial charge in [-0.3, -0.25) is 4.79 Å². The summed E-state index contributed by atoms with van der Waals surface area (Å²) in [6.45, 7) is 5.78. The fraction of sp³-hybridized carbons (Fsp3) is 0.500. The Morgan fingerprint density at radius 2 is 2.04 bits per heavy atom. The zero-order valence-corrected chi connectivity index (χ0v) is 15.9. The van der Waals surface area contributed by atoms with Crippen LogP contribution in [-0.4, -0.2) is 41.9 Å². The summed E-state index contributed by atoms with van der Waals surface area (Å²) in [6, 6.07) is 3.81. The van der Waals surface area contributed by atoms with Crippen LogP contribution >= 0.6 is 0 Å². The lowest BCUT2D eigenvalue weighted by atomic mass is 9.89. The maximum atomic E-state index is 12.7. The Bertz CT molecular complexity index is 991. The molecule has 0 spiro atoms. The third-order valence-corrected chi connectivity index (χ3v) is 5.86. The van der Waals surface area contributed by atoms with Crippen LogP contribution < -0.4 is 20.8 Å². The molecule has 0 bridgehead atoms. The van der Waals surface area contributed by atoms with E-state index >= 15 is 0 Å². The van der Waals surface area contributed by atoms with Crippen molar-refractivity contribution in [3.63, 3.8) is 0 Å². The van der Waals surface area contributed by atoms with Gasteiger partial charge in [-0.25, -0.2) is 4.79 Å². The van der Waals surface area contributed by atoms with Crippen LogP contribution in [0.1, 0.15) is 43.1 Å². The van der Waals surface area contributed by atoms with Gasteiger partial charge >= 0.3 is 5.97 Å². The summed E-state index contributed by atoms with van der Waals surface area (Å²) in [5.41, 5.74) is 7.17. The van der Waals surface area contributed by atoms with Crippen molar-refractivity contribution in [3.8, 4) is 5.75 Å². The van der Waals surface area contributed by atoms with Crippen molar-refractivity contribution in [3.05, 3.63) is 34.1 Å². The maximum absolute atomic E-state index is 12.7. The number of hydrogen-bond donors (Lipinski definition) is 2. The van der Waals surface area contributed by atoms with Crippen LogP contribution in [0.4, 0.5) is 5.69 Å². The van der Waals surface area contributed by atoms with Crippen molar-refractivity contribution in [2.24, 2.45) is 11.1 Å². The molecule has 7 nitrogen and oxygen atoms in total. The Morgan fingerprint density at radius 3 is 2.56 bits per heavy atom. The molecule has 1 atom stereocenters. The first-order valence-corrected chi connectivity index (χ1v) is 9.24. The average Bonchev–Trinajstić information content (AvgIpc) is 3.40. The van der Waals surface area contributed by atoms with Gasteiger partial charge in [0, 0.05) is 31.4 Å². The standard InChI is InChI=1S/C20H25N3O4/c1-20(2)10-22(9-15(20)21)14-7-6-12-16(18(14)27-3)23(11-4-5-11)8-13(17(12)24)19(25)26/h6-8,11,15H,4-5,9-10,21H2,1-3H3,(H,25,26). The van der Waals surface area contributed by atoms with Gasteiger partial charge in [-0.05, 0) is 30.4 Å². The number of hydrogen-bond acceptors (Lipinski definition) is 5. The second kappa shape index (κ2) is 5.99. The van der Waals surface area contributed by atoms with Gasteiger partial charge in [0.05, 0.1) is 23.7 Å². The summed E-state index contributed by atoms with van der Waals surface area (Å²) in [7, 11) is 1.59. The highest BCUT2D eigenvalue weighted by atomic mass is 16.5. The number of methoxy groups -OCH3 is 1. The smallest absolute Gasteiger partial charge is 0.341 e. The molecule has 144 valence electrons. The third kappa shape index (κ3) is 2.77. The number of carboxylic acids is 1. The largest absolute Gasteiger partial charge is 0.492 e. The molecule has 1 aromatic heterocycles. The highest BCUT2D eigenvalue weighted by Gasteiger charge is 2.38. The monoisotopic (exact) mass is 371 g/mol. The molecule has 2 aromatic rings.